The van der Waals surface area contributed by atoms with E-state index in [2.05, 4.69) is 9.97 Å². The fourth-order valence-electron chi connectivity index (χ4n) is 2.78. The van der Waals surface area contributed by atoms with Crippen LogP contribution in [0, 0.1) is 0 Å². The molecule has 0 bridgehead atoms. The Morgan fingerprint density at radius 3 is 2.53 bits per heavy atom. The molecule has 1 heterocycles. The van der Waals surface area contributed by atoms with Crippen LogP contribution in [-0.2, 0) is 6.18 Å². The van der Waals surface area contributed by atoms with E-state index in [0.717, 1.165) is 30.8 Å². The van der Waals surface area contributed by atoms with Crippen molar-refractivity contribution in [1.29, 1.82) is 0 Å². The molecule has 1 aliphatic rings. The summed E-state index contributed by atoms with van der Waals surface area (Å²) in [5.74, 6) is 1.21. The number of hydrogen-bond donors (Lipinski definition) is 1. The van der Waals surface area contributed by atoms with Crippen molar-refractivity contribution < 1.29 is 13.2 Å². The number of fused-ring (bicyclic) bond motifs is 1. The molecule has 0 radical (unpaired) electrons. The van der Waals surface area contributed by atoms with Crippen LogP contribution in [0.1, 0.15) is 49.4 Å². The molecular weight excluding hydrogens is 253 g/mol. The molecule has 102 valence electrons. The van der Waals surface area contributed by atoms with Gasteiger partial charge in [-0.25, -0.2) is 4.98 Å². The third-order valence-corrected chi connectivity index (χ3v) is 3.82. The molecular formula is C14H15F3N2. The second-order valence-corrected chi connectivity index (χ2v) is 5.19. The summed E-state index contributed by atoms with van der Waals surface area (Å²) in [6.45, 7) is 0. The van der Waals surface area contributed by atoms with Gasteiger partial charge >= 0.3 is 6.18 Å². The van der Waals surface area contributed by atoms with E-state index >= 15 is 0 Å². The fraction of sp³-hybridized carbons (Fsp3) is 0.500. The van der Waals surface area contributed by atoms with Gasteiger partial charge in [0.2, 0.25) is 0 Å². The predicted molar refractivity (Wildman–Crippen MR) is 66.9 cm³/mol. The van der Waals surface area contributed by atoms with E-state index in [-0.39, 0.29) is 0 Å². The number of halogens is 3. The fourth-order valence-corrected chi connectivity index (χ4v) is 2.78. The van der Waals surface area contributed by atoms with E-state index in [1.54, 1.807) is 0 Å². The van der Waals surface area contributed by atoms with Crippen LogP contribution in [0.4, 0.5) is 13.2 Å². The monoisotopic (exact) mass is 268 g/mol. The highest BCUT2D eigenvalue weighted by atomic mass is 19.4. The minimum Gasteiger partial charge on any atom is -0.342 e. The number of aromatic amines is 1. The summed E-state index contributed by atoms with van der Waals surface area (Å²) in [5.41, 5.74) is 0.475. The summed E-state index contributed by atoms with van der Waals surface area (Å²) in [7, 11) is 0. The Bertz CT molecular complexity index is 580. The Kier molecular flexibility index (Phi) is 2.99. The van der Waals surface area contributed by atoms with Gasteiger partial charge in [0.25, 0.3) is 0 Å². The average Bonchev–Trinajstić information content (AvgIpc) is 2.81. The van der Waals surface area contributed by atoms with Gasteiger partial charge < -0.3 is 4.98 Å². The minimum absolute atomic E-state index is 0.371. The first-order valence-electron chi connectivity index (χ1n) is 6.61. The van der Waals surface area contributed by atoms with Gasteiger partial charge in [0.1, 0.15) is 5.82 Å². The highest BCUT2D eigenvalue weighted by Crippen LogP contribution is 2.34. The zero-order valence-corrected chi connectivity index (χ0v) is 10.4. The lowest BCUT2D eigenvalue weighted by Crippen LogP contribution is -2.05. The van der Waals surface area contributed by atoms with Gasteiger partial charge in [-0.15, -0.1) is 0 Å². The van der Waals surface area contributed by atoms with Crippen molar-refractivity contribution in [1.82, 2.24) is 9.97 Å². The van der Waals surface area contributed by atoms with Crippen molar-refractivity contribution in [3.8, 4) is 0 Å². The zero-order chi connectivity index (χ0) is 13.5. The lowest BCUT2D eigenvalue weighted by Gasteiger charge is -2.18. The Morgan fingerprint density at radius 2 is 1.84 bits per heavy atom. The molecule has 1 aliphatic carbocycles. The van der Waals surface area contributed by atoms with Crippen LogP contribution < -0.4 is 0 Å². The number of nitrogens with zero attached hydrogens (tertiary/aromatic N) is 1. The molecule has 0 atom stereocenters. The SMILES string of the molecule is FC(F)(F)c1ccc2nc(C3CCCCC3)[nH]c2c1. The van der Waals surface area contributed by atoms with Gasteiger partial charge in [-0.3, -0.25) is 0 Å². The summed E-state index contributed by atoms with van der Waals surface area (Å²) in [4.78, 5) is 7.50. The number of alkyl halides is 3. The molecule has 0 aliphatic heterocycles. The maximum Gasteiger partial charge on any atom is 0.416 e. The Hall–Kier alpha value is -1.52. The Morgan fingerprint density at radius 1 is 1.11 bits per heavy atom. The summed E-state index contributed by atoms with van der Waals surface area (Å²) in [5, 5.41) is 0. The molecule has 1 aromatic heterocycles. The lowest BCUT2D eigenvalue weighted by molar-refractivity contribution is -0.137. The van der Waals surface area contributed by atoms with Gasteiger partial charge in [0.05, 0.1) is 16.6 Å². The largest absolute Gasteiger partial charge is 0.416 e. The van der Waals surface area contributed by atoms with Crippen LogP contribution >= 0.6 is 0 Å². The average molecular weight is 268 g/mol. The van der Waals surface area contributed by atoms with E-state index in [1.807, 2.05) is 0 Å². The van der Waals surface area contributed by atoms with E-state index in [4.69, 9.17) is 0 Å². The molecule has 1 saturated carbocycles. The Balaban J connectivity index is 1.96. The van der Waals surface area contributed by atoms with Crippen molar-refractivity contribution in [2.24, 2.45) is 0 Å². The highest BCUT2D eigenvalue weighted by Gasteiger charge is 2.31. The number of rotatable bonds is 1. The maximum atomic E-state index is 12.6. The summed E-state index contributed by atoms with van der Waals surface area (Å²) < 4.78 is 37.9. The van der Waals surface area contributed by atoms with Crippen molar-refractivity contribution in [3.05, 3.63) is 29.6 Å². The molecule has 2 nitrogen and oxygen atoms in total. The number of hydrogen-bond acceptors (Lipinski definition) is 1. The van der Waals surface area contributed by atoms with Crippen LogP contribution in [-0.4, -0.2) is 9.97 Å². The highest BCUT2D eigenvalue weighted by molar-refractivity contribution is 5.76. The molecule has 1 fully saturated rings. The van der Waals surface area contributed by atoms with E-state index in [9.17, 15) is 13.2 Å². The minimum atomic E-state index is -4.30. The first kappa shape index (κ1) is 12.5. The standard InChI is InChI=1S/C14H15F3N2/c15-14(16,17)10-6-7-11-12(8-10)19-13(18-11)9-4-2-1-3-5-9/h6-9H,1-5H2,(H,18,19). The second kappa shape index (κ2) is 4.54. The van der Waals surface area contributed by atoms with Crippen molar-refractivity contribution >= 4 is 11.0 Å². The number of H-pyrrole nitrogens is 1. The molecule has 0 unspecified atom stereocenters. The van der Waals surface area contributed by atoms with E-state index < -0.39 is 11.7 Å². The third kappa shape index (κ3) is 2.46. The number of benzene rings is 1. The van der Waals surface area contributed by atoms with Gasteiger partial charge in [0, 0.05) is 5.92 Å². The zero-order valence-electron chi connectivity index (χ0n) is 10.4. The lowest BCUT2D eigenvalue weighted by atomic mass is 9.89. The summed E-state index contributed by atoms with van der Waals surface area (Å²) in [6.07, 6.45) is 1.45. The summed E-state index contributed by atoms with van der Waals surface area (Å²) in [6, 6.07) is 3.68. The van der Waals surface area contributed by atoms with Crippen molar-refractivity contribution in [3.63, 3.8) is 0 Å². The molecule has 2 aromatic rings. The molecule has 19 heavy (non-hydrogen) atoms. The molecule has 0 spiro atoms. The van der Waals surface area contributed by atoms with Crippen LogP contribution in [0.25, 0.3) is 11.0 Å². The van der Waals surface area contributed by atoms with E-state index in [1.165, 1.54) is 25.3 Å². The van der Waals surface area contributed by atoms with Gasteiger partial charge in [0.15, 0.2) is 0 Å². The normalized spacial score (nSPS) is 18.1. The smallest absolute Gasteiger partial charge is 0.342 e. The number of aromatic nitrogens is 2. The molecule has 1 aromatic carbocycles. The van der Waals surface area contributed by atoms with Gasteiger partial charge in [-0.05, 0) is 31.0 Å². The second-order valence-electron chi connectivity index (χ2n) is 5.19. The molecule has 3 rings (SSSR count). The van der Waals surface area contributed by atoms with Crippen LogP contribution in [0.2, 0.25) is 0 Å². The molecule has 0 amide bonds. The van der Waals surface area contributed by atoms with Gasteiger partial charge in [-0.1, -0.05) is 19.3 Å². The number of imidazole rings is 1. The van der Waals surface area contributed by atoms with Crippen LogP contribution in [0.3, 0.4) is 0 Å². The van der Waals surface area contributed by atoms with E-state index in [0.29, 0.717) is 17.0 Å². The van der Waals surface area contributed by atoms with Crippen LogP contribution in [0.15, 0.2) is 18.2 Å². The first-order chi connectivity index (χ1) is 9.04. The number of nitrogens with one attached hydrogen (secondary N) is 1. The molecule has 1 N–H and O–H groups in total. The van der Waals surface area contributed by atoms with Crippen molar-refractivity contribution in [2.45, 2.75) is 44.2 Å². The summed E-state index contributed by atoms with van der Waals surface area (Å²) >= 11 is 0. The van der Waals surface area contributed by atoms with Gasteiger partial charge in [-0.2, -0.15) is 13.2 Å². The maximum absolute atomic E-state index is 12.6. The van der Waals surface area contributed by atoms with Crippen molar-refractivity contribution in [2.75, 3.05) is 0 Å². The predicted octanol–water partition coefficient (Wildman–Crippen LogP) is 4.63. The first-order valence-corrected chi connectivity index (χ1v) is 6.61. The topological polar surface area (TPSA) is 28.7 Å². The quantitative estimate of drug-likeness (QED) is 0.802. The Labute approximate surface area is 109 Å². The van der Waals surface area contributed by atoms with Crippen LogP contribution in [0.5, 0.6) is 0 Å². The molecule has 0 saturated heterocycles. The molecule has 5 heteroatoms. The third-order valence-electron chi connectivity index (χ3n) is 3.82.